The average molecular weight is 369 g/mol. The van der Waals surface area contributed by atoms with Gasteiger partial charge in [0.2, 0.25) is 5.91 Å². The van der Waals surface area contributed by atoms with Crippen LogP contribution in [0.1, 0.15) is 43.9 Å². The molecule has 0 aromatic heterocycles. The van der Waals surface area contributed by atoms with Crippen molar-refractivity contribution in [1.29, 1.82) is 0 Å². The van der Waals surface area contributed by atoms with Crippen LogP contribution in [-0.2, 0) is 16.0 Å². The van der Waals surface area contributed by atoms with Gasteiger partial charge in [-0.2, -0.15) is 5.10 Å². The number of hydrogen-bond donors (Lipinski definition) is 1. The molecule has 0 radical (unpaired) electrons. The van der Waals surface area contributed by atoms with Crippen molar-refractivity contribution in [1.82, 2.24) is 5.43 Å². The molecule has 138 valence electrons. The maximum absolute atomic E-state index is 12.0. The van der Waals surface area contributed by atoms with Crippen molar-refractivity contribution in [2.45, 2.75) is 45.3 Å². The summed E-state index contributed by atoms with van der Waals surface area (Å²) in [6, 6.07) is 18.8. The molecule has 0 aliphatic heterocycles. The summed E-state index contributed by atoms with van der Waals surface area (Å²) in [6.45, 7) is 8.43. The van der Waals surface area contributed by atoms with E-state index in [0.29, 0.717) is 5.75 Å². The van der Waals surface area contributed by atoms with Gasteiger partial charge in [0, 0.05) is 11.5 Å². The number of nitrogens with one attached hydrogen (secondary N) is 1. The fourth-order valence-electron chi connectivity index (χ4n) is 2.81. The highest BCUT2D eigenvalue weighted by Crippen LogP contribution is 2.27. The molecule has 0 saturated heterocycles. The van der Waals surface area contributed by atoms with Gasteiger partial charge in [0.05, 0.1) is 5.75 Å². The highest BCUT2D eigenvalue weighted by molar-refractivity contribution is 7.99. The molecule has 2 aromatic carbocycles. The van der Waals surface area contributed by atoms with Crippen molar-refractivity contribution in [2.75, 3.05) is 5.75 Å². The number of carbonyl (C=O) groups is 1. The van der Waals surface area contributed by atoms with Gasteiger partial charge >= 0.3 is 0 Å². The van der Waals surface area contributed by atoms with Crippen LogP contribution in [0.15, 0.2) is 59.7 Å². The summed E-state index contributed by atoms with van der Waals surface area (Å²) >= 11 is 1.60. The Labute approximate surface area is 161 Å². The predicted octanol–water partition coefficient (Wildman–Crippen LogP) is 5.09. The molecule has 0 spiro atoms. The summed E-state index contributed by atoms with van der Waals surface area (Å²) in [5.41, 5.74) is 7.35. The number of hydrogen-bond acceptors (Lipinski definition) is 3. The molecule has 1 N–H and O–H groups in total. The minimum Gasteiger partial charge on any atom is -0.272 e. The van der Waals surface area contributed by atoms with Gasteiger partial charge in [0.1, 0.15) is 0 Å². The fourth-order valence-corrected chi connectivity index (χ4v) is 3.59. The number of aryl methyl sites for hydroxylation is 1. The fraction of sp³-hybridized carbons (Fsp3) is 0.364. The Hall–Kier alpha value is -2.07. The third-order valence-electron chi connectivity index (χ3n) is 4.25. The molecular formula is C22H28N2OS. The summed E-state index contributed by atoms with van der Waals surface area (Å²) in [5.74, 6) is 1.18. The number of amides is 1. The Morgan fingerprint density at radius 1 is 1.08 bits per heavy atom. The number of thioether (sulfide) groups is 1. The van der Waals surface area contributed by atoms with Gasteiger partial charge in [-0.3, -0.25) is 4.79 Å². The number of benzene rings is 2. The molecule has 2 aromatic rings. The van der Waals surface area contributed by atoms with Crippen LogP contribution in [0.4, 0.5) is 0 Å². The van der Waals surface area contributed by atoms with Crippen molar-refractivity contribution in [2.24, 2.45) is 5.10 Å². The van der Waals surface area contributed by atoms with Crippen molar-refractivity contribution >= 4 is 23.4 Å². The number of nitrogens with zero attached hydrogens (tertiary/aromatic N) is 1. The molecule has 0 heterocycles. The normalized spacial score (nSPS) is 12.1. The SMILES string of the molecule is C/C(CC(C)(C)c1ccccc1)=N\NC(=O)CSCc1ccc(C)cc1. The van der Waals surface area contributed by atoms with Crippen molar-refractivity contribution in [3.05, 3.63) is 71.3 Å². The van der Waals surface area contributed by atoms with E-state index in [1.807, 2.05) is 13.0 Å². The molecule has 0 aliphatic rings. The lowest BCUT2D eigenvalue weighted by atomic mass is 9.80. The monoisotopic (exact) mass is 368 g/mol. The Kier molecular flexibility index (Phi) is 7.46. The third-order valence-corrected chi connectivity index (χ3v) is 5.25. The second kappa shape index (κ2) is 9.58. The van der Waals surface area contributed by atoms with Crippen LogP contribution < -0.4 is 5.43 Å². The van der Waals surface area contributed by atoms with Gasteiger partial charge in [0.15, 0.2) is 0 Å². The summed E-state index contributed by atoms with van der Waals surface area (Å²) < 4.78 is 0. The minimum atomic E-state index is -0.0565. The second-order valence-electron chi connectivity index (χ2n) is 7.29. The Morgan fingerprint density at radius 2 is 1.73 bits per heavy atom. The first-order valence-corrected chi connectivity index (χ1v) is 10.0. The molecule has 1 amide bonds. The number of carbonyl (C=O) groups excluding carboxylic acids is 1. The predicted molar refractivity (Wildman–Crippen MR) is 113 cm³/mol. The van der Waals surface area contributed by atoms with Gasteiger partial charge in [-0.15, -0.1) is 11.8 Å². The largest absolute Gasteiger partial charge is 0.272 e. The molecule has 0 aliphatic carbocycles. The lowest BCUT2D eigenvalue weighted by Gasteiger charge is -2.25. The van der Waals surface area contributed by atoms with E-state index in [1.54, 1.807) is 11.8 Å². The first-order chi connectivity index (χ1) is 12.4. The lowest BCUT2D eigenvalue weighted by molar-refractivity contribution is -0.118. The van der Waals surface area contributed by atoms with Crippen LogP contribution in [0, 0.1) is 6.92 Å². The van der Waals surface area contributed by atoms with Gasteiger partial charge in [-0.05, 0) is 36.8 Å². The maximum Gasteiger partial charge on any atom is 0.250 e. The molecule has 0 fully saturated rings. The third kappa shape index (κ3) is 6.68. The number of rotatable bonds is 8. The van der Waals surface area contributed by atoms with Gasteiger partial charge in [-0.25, -0.2) is 5.43 Å². The van der Waals surface area contributed by atoms with Gasteiger partial charge in [-0.1, -0.05) is 74.0 Å². The highest BCUT2D eigenvalue weighted by Gasteiger charge is 2.21. The maximum atomic E-state index is 12.0. The Bertz CT molecular complexity index is 736. The zero-order valence-electron chi connectivity index (χ0n) is 16.1. The number of hydrazone groups is 1. The van der Waals surface area contributed by atoms with Crippen LogP contribution in [0.2, 0.25) is 0 Å². The molecule has 2 rings (SSSR count). The Balaban J connectivity index is 1.77. The summed E-state index contributed by atoms with van der Waals surface area (Å²) in [4.78, 5) is 12.0. The van der Waals surface area contributed by atoms with Crippen LogP contribution in [-0.4, -0.2) is 17.4 Å². The zero-order valence-corrected chi connectivity index (χ0v) is 16.9. The second-order valence-corrected chi connectivity index (χ2v) is 8.27. The Morgan fingerprint density at radius 3 is 2.38 bits per heavy atom. The van der Waals surface area contributed by atoms with Gasteiger partial charge in [0.25, 0.3) is 0 Å². The van der Waals surface area contributed by atoms with E-state index in [2.05, 4.69) is 79.8 Å². The summed E-state index contributed by atoms with van der Waals surface area (Å²) in [7, 11) is 0. The van der Waals surface area contributed by atoms with Crippen molar-refractivity contribution in [3.8, 4) is 0 Å². The van der Waals surface area contributed by atoms with E-state index >= 15 is 0 Å². The molecule has 4 heteroatoms. The minimum absolute atomic E-state index is 0.0141. The standard InChI is InChI=1S/C22H28N2OS/c1-17-10-12-19(13-11-17)15-26-16-21(25)24-23-18(2)14-22(3,4)20-8-6-5-7-9-20/h5-13H,14-16H2,1-4H3,(H,24,25)/b23-18+. The van der Waals surface area contributed by atoms with Crippen molar-refractivity contribution < 1.29 is 4.79 Å². The molecule has 0 unspecified atom stereocenters. The molecule has 0 atom stereocenters. The molecular weight excluding hydrogens is 340 g/mol. The molecule has 0 saturated carbocycles. The van der Waals surface area contributed by atoms with E-state index in [1.165, 1.54) is 16.7 Å². The van der Waals surface area contributed by atoms with Crippen LogP contribution in [0.5, 0.6) is 0 Å². The smallest absolute Gasteiger partial charge is 0.250 e. The quantitative estimate of drug-likeness (QED) is 0.521. The molecule has 3 nitrogen and oxygen atoms in total. The van der Waals surface area contributed by atoms with Gasteiger partial charge < -0.3 is 0 Å². The highest BCUT2D eigenvalue weighted by atomic mass is 32.2. The van der Waals surface area contributed by atoms with Crippen LogP contribution in [0.3, 0.4) is 0 Å². The van der Waals surface area contributed by atoms with Crippen LogP contribution in [0.25, 0.3) is 0 Å². The zero-order chi connectivity index (χ0) is 19.0. The van der Waals surface area contributed by atoms with Crippen molar-refractivity contribution in [3.63, 3.8) is 0 Å². The van der Waals surface area contributed by atoms with E-state index in [-0.39, 0.29) is 11.3 Å². The summed E-state index contributed by atoms with van der Waals surface area (Å²) in [6.07, 6.45) is 0.799. The van der Waals surface area contributed by atoms with E-state index in [0.717, 1.165) is 17.9 Å². The van der Waals surface area contributed by atoms with E-state index < -0.39 is 0 Å². The first-order valence-electron chi connectivity index (χ1n) is 8.87. The van der Waals surface area contributed by atoms with E-state index in [4.69, 9.17) is 0 Å². The van der Waals surface area contributed by atoms with E-state index in [9.17, 15) is 4.79 Å². The molecule has 0 bridgehead atoms. The first kappa shape index (κ1) is 20.2. The van der Waals surface area contributed by atoms with Crippen LogP contribution >= 0.6 is 11.8 Å². The average Bonchev–Trinajstić information content (AvgIpc) is 2.62. The lowest BCUT2D eigenvalue weighted by Crippen LogP contribution is -2.25. The molecule has 26 heavy (non-hydrogen) atoms. The topological polar surface area (TPSA) is 41.5 Å². The summed E-state index contributed by atoms with van der Waals surface area (Å²) in [5, 5.41) is 4.28.